The second-order valence-electron chi connectivity index (χ2n) is 8.88. The Labute approximate surface area is 183 Å². The van der Waals surface area contributed by atoms with Crippen molar-refractivity contribution in [1.82, 2.24) is 10.0 Å². The molecule has 31 heavy (non-hydrogen) atoms. The number of esters is 1. The summed E-state index contributed by atoms with van der Waals surface area (Å²) >= 11 is 0. The molecule has 2 N–H and O–H groups in total. The molecule has 1 fully saturated rings. The van der Waals surface area contributed by atoms with Gasteiger partial charge in [-0.05, 0) is 63.4 Å². The summed E-state index contributed by atoms with van der Waals surface area (Å²) in [6.07, 6.45) is 2.02. The van der Waals surface area contributed by atoms with Crippen molar-refractivity contribution in [2.45, 2.75) is 49.5 Å². The fraction of sp³-hybridized carbons (Fsp3) is 0.391. The third kappa shape index (κ3) is 6.15. The van der Waals surface area contributed by atoms with Gasteiger partial charge >= 0.3 is 5.97 Å². The summed E-state index contributed by atoms with van der Waals surface area (Å²) in [4.78, 5) is 24.4. The minimum absolute atomic E-state index is 0.0245. The van der Waals surface area contributed by atoms with Crippen LogP contribution in [0.3, 0.4) is 0 Å². The normalized spacial score (nSPS) is 15.2. The molecule has 0 unspecified atom stereocenters. The van der Waals surface area contributed by atoms with E-state index < -0.39 is 28.1 Å². The van der Waals surface area contributed by atoms with Crippen LogP contribution in [0.25, 0.3) is 0 Å². The number of amides is 1. The molecule has 0 radical (unpaired) electrons. The summed E-state index contributed by atoms with van der Waals surface area (Å²) < 4.78 is 32.3. The Morgan fingerprint density at radius 3 is 2.16 bits per heavy atom. The molecule has 0 atom stereocenters. The maximum Gasteiger partial charge on any atom is 0.338 e. The number of carbonyl (C=O) groups is 2. The molecule has 1 aliphatic carbocycles. The van der Waals surface area contributed by atoms with Crippen LogP contribution in [0.15, 0.2) is 59.5 Å². The largest absolute Gasteiger partial charge is 0.452 e. The van der Waals surface area contributed by atoms with Gasteiger partial charge in [-0.15, -0.1) is 0 Å². The molecule has 0 spiro atoms. The van der Waals surface area contributed by atoms with Crippen molar-refractivity contribution in [3.05, 3.63) is 65.7 Å². The van der Waals surface area contributed by atoms with Gasteiger partial charge in [0.1, 0.15) is 0 Å². The van der Waals surface area contributed by atoms with Gasteiger partial charge in [0.15, 0.2) is 6.61 Å². The average molecular weight is 445 g/mol. The van der Waals surface area contributed by atoms with Crippen LogP contribution in [-0.4, -0.2) is 39.0 Å². The van der Waals surface area contributed by atoms with E-state index in [9.17, 15) is 18.0 Å². The molecule has 1 amide bonds. The Morgan fingerprint density at radius 2 is 1.61 bits per heavy atom. The summed E-state index contributed by atoms with van der Waals surface area (Å²) in [6, 6.07) is 15.4. The number of carbonyl (C=O) groups excluding carboxylic acids is 2. The zero-order valence-electron chi connectivity index (χ0n) is 18.0. The summed E-state index contributed by atoms with van der Waals surface area (Å²) in [5.74, 6) is -1.06. The van der Waals surface area contributed by atoms with Gasteiger partial charge in [-0.25, -0.2) is 17.9 Å². The molecule has 0 aromatic heterocycles. The molecule has 3 rings (SSSR count). The number of nitrogens with one attached hydrogen (secondary N) is 2. The fourth-order valence-electron chi connectivity index (χ4n) is 3.28. The SMILES string of the molecule is CC(C)(C)NS(=O)(=O)c1ccc(C(=O)OCC(=O)NCC2(c3ccccc3)CC2)cc1. The van der Waals surface area contributed by atoms with E-state index in [-0.39, 0.29) is 21.8 Å². The summed E-state index contributed by atoms with van der Waals surface area (Å²) in [6.45, 7) is 5.33. The quantitative estimate of drug-likeness (QED) is 0.610. The highest BCUT2D eigenvalue weighted by molar-refractivity contribution is 7.89. The first-order valence-electron chi connectivity index (χ1n) is 10.1. The van der Waals surface area contributed by atoms with Crippen LogP contribution in [0.5, 0.6) is 0 Å². The number of rotatable bonds is 8. The first-order valence-corrected chi connectivity index (χ1v) is 11.6. The first kappa shape index (κ1) is 23.0. The summed E-state index contributed by atoms with van der Waals surface area (Å²) in [5, 5.41) is 2.84. The molecule has 166 valence electrons. The van der Waals surface area contributed by atoms with Crippen LogP contribution >= 0.6 is 0 Å². The third-order valence-corrected chi connectivity index (χ3v) is 6.81. The lowest BCUT2D eigenvalue weighted by Crippen LogP contribution is -2.40. The molecule has 1 saturated carbocycles. The smallest absolute Gasteiger partial charge is 0.338 e. The predicted molar refractivity (Wildman–Crippen MR) is 117 cm³/mol. The lowest BCUT2D eigenvalue weighted by Gasteiger charge is -2.20. The van der Waals surface area contributed by atoms with Gasteiger partial charge in [0.05, 0.1) is 10.5 Å². The molecule has 2 aromatic carbocycles. The van der Waals surface area contributed by atoms with Gasteiger partial charge in [0.25, 0.3) is 5.91 Å². The van der Waals surface area contributed by atoms with Crippen molar-refractivity contribution in [3.63, 3.8) is 0 Å². The van der Waals surface area contributed by atoms with E-state index in [4.69, 9.17) is 4.74 Å². The molecule has 1 aliphatic rings. The molecule has 0 aliphatic heterocycles. The van der Waals surface area contributed by atoms with Crippen molar-refractivity contribution in [2.75, 3.05) is 13.2 Å². The van der Waals surface area contributed by atoms with E-state index in [1.54, 1.807) is 20.8 Å². The van der Waals surface area contributed by atoms with Crippen LogP contribution in [0.1, 0.15) is 49.5 Å². The summed E-state index contributed by atoms with van der Waals surface area (Å²) in [7, 11) is -3.69. The zero-order chi connectivity index (χ0) is 22.7. The monoisotopic (exact) mass is 444 g/mol. The van der Waals surface area contributed by atoms with Crippen LogP contribution < -0.4 is 10.0 Å². The van der Waals surface area contributed by atoms with Gasteiger partial charge in [-0.1, -0.05) is 30.3 Å². The lowest BCUT2D eigenvalue weighted by atomic mass is 9.96. The second kappa shape index (κ2) is 8.80. The Hall–Kier alpha value is -2.71. The molecular formula is C23H28N2O5S. The Balaban J connectivity index is 1.50. The Bertz CT molecular complexity index is 1040. The van der Waals surface area contributed by atoms with E-state index in [0.29, 0.717) is 6.54 Å². The maximum absolute atomic E-state index is 12.3. The van der Waals surface area contributed by atoms with Crippen LogP contribution in [-0.2, 0) is 25.0 Å². The Kier molecular flexibility index (Phi) is 6.52. The van der Waals surface area contributed by atoms with Gasteiger partial charge in [0.2, 0.25) is 10.0 Å². The highest BCUT2D eigenvalue weighted by atomic mass is 32.2. The van der Waals surface area contributed by atoms with E-state index >= 15 is 0 Å². The van der Waals surface area contributed by atoms with Crippen LogP contribution in [0.4, 0.5) is 0 Å². The van der Waals surface area contributed by atoms with Gasteiger partial charge in [0, 0.05) is 17.5 Å². The number of benzene rings is 2. The van der Waals surface area contributed by atoms with Gasteiger partial charge in [-0.3, -0.25) is 4.79 Å². The minimum atomic E-state index is -3.69. The molecule has 8 heteroatoms. The standard InChI is InChI=1S/C23H28N2O5S/c1-22(2,3)25-31(28,29)19-11-9-17(10-12-19)21(27)30-15-20(26)24-16-23(13-14-23)18-7-5-4-6-8-18/h4-12,25H,13-16H2,1-3H3,(H,24,26). The van der Waals surface area contributed by atoms with Gasteiger partial charge in [-0.2, -0.15) is 0 Å². The topological polar surface area (TPSA) is 102 Å². The molecular weight excluding hydrogens is 416 g/mol. The number of sulfonamides is 1. The second-order valence-corrected chi connectivity index (χ2v) is 10.6. The maximum atomic E-state index is 12.3. The van der Waals surface area contributed by atoms with E-state index in [1.807, 2.05) is 18.2 Å². The van der Waals surface area contributed by atoms with E-state index in [1.165, 1.54) is 29.8 Å². The summed E-state index contributed by atoms with van der Waals surface area (Å²) in [5.41, 5.74) is 0.723. The van der Waals surface area contributed by atoms with E-state index in [0.717, 1.165) is 12.8 Å². The fourth-order valence-corrected chi connectivity index (χ4v) is 4.69. The molecule has 0 saturated heterocycles. The Morgan fingerprint density at radius 1 is 1.00 bits per heavy atom. The first-order chi connectivity index (χ1) is 14.5. The number of hydrogen-bond donors (Lipinski definition) is 2. The molecule has 2 aromatic rings. The minimum Gasteiger partial charge on any atom is -0.452 e. The molecule has 0 bridgehead atoms. The number of ether oxygens (including phenoxy) is 1. The highest BCUT2D eigenvalue weighted by Gasteiger charge is 2.44. The van der Waals surface area contributed by atoms with Crippen LogP contribution in [0, 0.1) is 0 Å². The zero-order valence-corrected chi connectivity index (χ0v) is 18.8. The lowest BCUT2D eigenvalue weighted by molar-refractivity contribution is -0.124. The third-order valence-electron chi connectivity index (χ3n) is 5.04. The number of hydrogen-bond acceptors (Lipinski definition) is 5. The van der Waals surface area contributed by atoms with Crippen LogP contribution in [0.2, 0.25) is 0 Å². The molecule has 7 nitrogen and oxygen atoms in total. The highest BCUT2D eigenvalue weighted by Crippen LogP contribution is 2.47. The van der Waals surface area contributed by atoms with Crippen molar-refractivity contribution in [2.24, 2.45) is 0 Å². The van der Waals surface area contributed by atoms with Crippen molar-refractivity contribution < 1.29 is 22.7 Å². The average Bonchev–Trinajstić information content (AvgIpc) is 3.51. The van der Waals surface area contributed by atoms with E-state index in [2.05, 4.69) is 22.2 Å². The predicted octanol–water partition coefficient (Wildman–Crippen LogP) is 2.77. The van der Waals surface area contributed by atoms with Crippen molar-refractivity contribution >= 4 is 21.9 Å². The van der Waals surface area contributed by atoms with Crippen molar-refractivity contribution in [1.29, 1.82) is 0 Å². The molecule has 0 heterocycles. The van der Waals surface area contributed by atoms with Crippen molar-refractivity contribution in [3.8, 4) is 0 Å². The van der Waals surface area contributed by atoms with Gasteiger partial charge < -0.3 is 10.1 Å².